The summed E-state index contributed by atoms with van der Waals surface area (Å²) in [5, 5.41) is 8.88. The second-order valence-corrected chi connectivity index (χ2v) is 3.88. The second kappa shape index (κ2) is 2.49. The van der Waals surface area contributed by atoms with Crippen molar-refractivity contribution in [1.82, 2.24) is 0 Å². The maximum absolute atomic E-state index is 10.1. The van der Waals surface area contributed by atoms with Crippen LogP contribution in [0.25, 0.3) is 0 Å². The molecule has 4 heteroatoms. The van der Waals surface area contributed by atoms with Crippen molar-refractivity contribution >= 4 is 33.6 Å². The van der Waals surface area contributed by atoms with E-state index in [1.165, 1.54) is 17.4 Å². The van der Waals surface area contributed by atoms with Crippen LogP contribution in [0.15, 0.2) is 9.85 Å². The fourth-order valence-electron chi connectivity index (χ4n) is 0.450. The van der Waals surface area contributed by atoms with E-state index in [1.54, 1.807) is 0 Å². The van der Waals surface area contributed by atoms with Crippen molar-refractivity contribution in [2.24, 2.45) is 0 Å². The molecule has 0 bridgehead atoms. The Bertz CT molecular complexity index is 231. The lowest BCUT2D eigenvalue weighted by Gasteiger charge is -1.78. The molecule has 1 rings (SSSR count). The van der Waals surface area contributed by atoms with E-state index in [4.69, 9.17) is 5.11 Å². The quantitative estimate of drug-likeness (QED) is 0.715. The molecule has 0 aliphatic carbocycles. The van der Waals surface area contributed by atoms with E-state index in [9.17, 15) is 4.79 Å². The first kappa shape index (κ1) is 6.77. The number of thiophene rings is 1. The lowest BCUT2D eigenvalue weighted by Crippen LogP contribution is -1.66. The fourth-order valence-corrected chi connectivity index (χ4v) is 1.78. The van der Waals surface area contributed by atoms with Gasteiger partial charge in [0.2, 0.25) is 0 Å². The zero-order chi connectivity index (χ0) is 6.85. The Morgan fingerprint density at radius 3 is 2.67 bits per heavy atom. The number of aldehydes is 1. The highest BCUT2D eigenvalue weighted by Gasteiger charge is 2.02. The first-order valence-corrected chi connectivity index (χ1v) is 3.78. The van der Waals surface area contributed by atoms with Crippen molar-refractivity contribution in [3.05, 3.63) is 14.7 Å². The number of aromatic hydroxyl groups is 1. The summed E-state index contributed by atoms with van der Waals surface area (Å²) in [4.78, 5) is 10.4. The van der Waals surface area contributed by atoms with E-state index in [-0.39, 0.29) is 5.75 Å². The molecule has 0 atom stereocenters. The van der Waals surface area contributed by atoms with Crippen molar-refractivity contribution in [1.29, 1.82) is 0 Å². The van der Waals surface area contributed by atoms with Crippen LogP contribution in [-0.4, -0.2) is 11.4 Å². The Labute approximate surface area is 64.3 Å². The second-order valence-electron chi connectivity index (χ2n) is 1.42. The molecule has 0 aromatic carbocycles. The molecule has 1 aromatic heterocycles. The van der Waals surface area contributed by atoms with Crippen molar-refractivity contribution in [2.75, 3.05) is 0 Å². The van der Waals surface area contributed by atoms with Crippen molar-refractivity contribution in [3.8, 4) is 5.75 Å². The van der Waals surface area contributed by atoms with Crippen LogP contribution in [0, 0.1) is 0 Å². The molecule has 0 amide bonds. The van der Waals surface area contributed by atoms with Gasteiger partial charge in [-0.05, 0) is 15.9 Å². The Kier molecular flexibility index (Phi) is 1.87. The van der Waals surface area contributed by atoms with Crippen LogP contribution in [0.2, 0.25) is 0 Å². The van der Waals surface area contributed by atoms with Crippen LogP contribution in [-0.2, 0) is 0 Å². The lowest BCUT2D eigenvalue weighted by atomic mass is 10.5. The fraction of sp³-hybridized carbons (Fsp3) is 0. The van der Waals surface area contributed by atoms with Crippen molar-refractivity contribution in [3.63, 3.8) is 0 Å². The molecule has 48 valence electrons. The molecule has 0 saturated heterocycles. The summed E-state index contributed by atoms with van der Waals surface area (Å²) in [6, 6.07) is 1.49. The van der Waals surface area contributed by atoms with Crippen LogP contribution >= 0.6 is 27.3 Å². The Balaban J connectivity index is 3.15. The van der Waals surface area contributed by atoms with Gasteiger partial charge in [0.25, 0.3) is 0 Å². The molecular weight excluding hydrogens is 204 g/mol. The van der Waals surface area contributed by atoms with Gasteiger partial charge in [-0.25, -0.2) is 0 Å². The third-order valence-electron chi connectivity index (χ3n) is 0.817. The summed E-state index contributed by atoms with van der Waals surface area (Å²) >= 11 is 4.34. The molecule has 0 saturated carbocycles. The maximum atomic E-state index is 10.1. The average Bonchev–Trinajstić information content (AvgIpc) is 2.10. The van der Waals surface area contributed by atoms with Crippen molar-refractivity contribution < 1.29 is 9.90 Å². The van der Waals surface area contributed by atoms with E-state index in [0.717, 1.165) is 3.79 Å². The third kappa shape index (κ3) is 1.31. The van der Waals surface area contributed by atoms with Gasteiger partial charge in [-0.2, -0.15) is 0 Å². The molecule has 0 unspecified atom stereocenters. The van der Waals surface area contributed by atoms with Gasteiger partial charge in [-0.3, -0.25) is 4.79 Å². The Morgan fingerprint density at radius 2 is 2.44 bits per heavy atom. The summed E-state index contributed by atoms with van der Waals surface area (Å²) in [7, 11) is 0. The van der Waals surface area contributed by atoms with Gasteiger partial charge in [0.05, 0.1) is 3.79 Å². The predicted molar refractivity (Wildman–Crippen MR) is 39.1 cm³/mol. The van der Waals surface area contributed by atoms with Crippen LogP contribution in [0.3, 0.4) is 0 Å². The van der Waals surface area contributed by atoms with Crippen LogP contribution in [0.1, 0.15) is 9.67 Å². The molecule has 0 fully saturated rings. The first-order chi connectivity index (χ1) is 4.24. The number of carbonyl (C=O) groups excluding carboxylic acids is 1. The monoisotopic (exact) mass is 206 g/mol. The summed E-state index contributed by atoms with van der Waals surface area (Å²) in [6.45, 7) is 0. The Hall–Kier alpha value is -0.350. The minimum Gasteiger partial charge on any atom is -0.506 e. The summed E-state index contributed by atoms with van der Waals surface area (Å²) in [5.41, 5.74) is 0. The third-order valence-corrected chi connectivity index (χ3v) is 2.37. The molecule has 9 heavy (non-hydrogen) atoms. The molecule has 0 radical (unpaired) electrons. The topological polar surface area (TPSA) is 37.3 Å². The van der Waals surface area contributed by atoms with Gasteiger partial charge in [0.15, 0.2) is 6.29 Å². The van der Waals surface area contributed by atoms with E-state index in [1.807, 2.05) is 0 Å². The van der Waals surface area contributed by atoms with Gasteiger partial charge in [0, 0.05) is 6.07 Å². The normalized spacial score (nSPS) is 9.44. The SMILES string of the molecule is O=Cc1sc(Br)cc1O. The number of carbonyl (C=O) groups is 1. The van der Waals surface area contributed by atoms with Gasteiger partial charge in [-0.1, -0.05) is 0 Å². The molecule has 0 spiro atoms. The lowest BCUT2D eigenvalue weighted by molar-refractivity contribution is 0.112. The van der Waals surface area contributed by atoms with Crippen LogP contribution in [0.4, 0.5) is 0 Å². The van der Waals surface area contributed by atoms with E-state index in [2.05, 4.69) is 15.9 Å². The highest BCUT2D eigenvalue weighted by Crippen LogP contribution is 2.30. The average molecular weight is 207 g/mol. The smallest absolute Gasteiger partial charge is 0.163 e. The number of hydrogen-bond donors (Lipinski definition) is 1. The molecular formula is C5H3BrO2S. The molecule has 2 nitrogen and oxygen atoms in total. The zero-order valence-corrected chi connectivity index (χ0v) is 6.70. The van der Waals surface area contributed by atoms with Gasteiger partial charge in [-0.15, -0.1) is 11.3 Å². The minimum atomic E-state index is 0.0434. The Morgan fingerprint density at radius 1 is 1.78 bits per heavy atom. The summed E-state index contributed by atoms with van der Waals surface area (Å²) < 4.78 is 0.766. The minimum absolute atomic E-state index is 0.0434. The zero-order valence-electron chi connectivity index (χ0n) is 4.30. The molecule has 1 N–H and O–H groups in total. The summed E-state index contributed by atoms with van der Waals surface area (Å²) in [6.07, 6.45) is 0.630. The van der Waals surface area contributed by atoms with E-state index >= 15 is 0 Å². The largest absolute Gasteiger partial charge is 0.506 e. The predicted octanol–water partition coefficient (Wildman–Crippen LogP) is 2.03. The van der Waals surface area contributed by atoms with Crippen LogP contribution < -0.4 is 0 Å². The van der Waals surface area contributed by atoms with E-state index in [0.29, 0.717) is 11.2 Å². The van der Waals surface area contributed by atoms with Gasteiger partial charge >= 0.3 is 0 Å². The molecule has 1 heterocycles. The maximum Gasteiger partial charge on any atom is 0.163 e. The molecule has 0 aliphatic rings. The molecule has 1 aromatic rings. The standard InChI is InChI=1S/C5H3BrO2S/c6-5-1-3(8)4(2-7)9-5/h1-2,8H. The van der Waals surface area contributed by atoms with Gasteiger partial charge < -0.3 is 5.11 Å². The number of hydrogen-bond acceptors (Lipinski definition) is 3. The van der Waals surface area contributed by atoms with Crippen molar-refractivity contribution in [2.45, 2.75) is 0 Å². The highest BCUT2D eigenvalue weighted by molar-refractivity contribution is 9.11. The van der Waals surface area contributed by atoms with E-state index < -0.39 is 0 Å². The summed E-state index contributed by atoms with van der Waals surface area (Å²) in [5.74, 6) is 0.0434. The highest BCUT2D eigenvalue weighted by atomic mass is 79.9. The molecule has 0 aliphatic heterocycles. The van der Waals surface area contributed by atoms with Gasteiger partial charge in [0.1, 0.15) is 10.6 Å². The number of halogens is 1. The number of rotatable bonds is 1. The van der Waals surface area contributed by atoms with Crippen LogP contribution in [0.5, 0.6) is 5.75 Å². The first-order valence-electron chi connectivity index (χ1n) is 2.17.